The van der Waals surface area contributed by atoms with E-state index in [0.717, 1.165) is 0 Å². The van der Waals surface area contributed by atoms with Gasteiger partial charge in [0.1, 0.15) is 0 Å². The van der Waals surface area contributed by atoms with Crippen LogP contribution in [0.1, 0.15) is 30.6 Å². The van der Waals surface area contributed by atoms with Crippen LogP contribution in [0, 0.1) is 0 Å². The number of Topliss-reactive ketones (excluding diaryl/α,β-unsaturated/α-hetero) is 1. The molecule has 0 unspecified atom stereocenters. The van der Waals surface area contributed by atoms with E-state index in [9.17, 15) is 4.79 Å². The lowest BCUT2D eigenvalue weighted by molar-refractivity contribution is 0.0944. The first-order chi connectivity index (χ1) is 8.97. The number of ketones is 1. The number of hydrogen-bond donors (Lipinski definition) is 1. The highest BCUT2D eigenvalue weighted by Gasteiger charge is 2.15. The molecule has 0 aromatic heterocycles. The normalized spacial score (nSPS) is 11.3. The maximum atomic E-state index is 12.1. The highest BCUT2D eigenvalue weighted by molar-refractivity contribution is 6.43. The molecule has 0 bridgehead atoms. The second-order valence-corrected chi connectivity index (χ2v) is 5.41. The van der Waals surface area contributed by atoms with Crippen molar-refractivity contribution in [2.45, 2.75) is 26.3 Å². The summed E-state index contributed by atoms with van der Waals surface area (Å²) in [5.74, 6) is -0.0314. The van der Waals surface area contributed by atoms with Gasteiger partial charge >= 0.3 is 0 Å². The zero-order chi connectivity index (χ0) is 14.4. The molecule has 0 amide bonds. The summed E-state index contributed by atoms with van der Waals surface area (Å²) in [5, 5.41) is 9.69. The van der Waals surface area contributed by atoms with Crippen LogP contribution in [0.3, 0.4) is 0 Å². The van der Waals surface area contributed by atoms with E-state index in [4.69, 9.17) is 28.3 Å². The second-order valence-electron chi connectivity index (χ2n) is 4.63. The van der Waals surface area contributed by atoms with Crippen molar-refractivity contribution < 1.29 is 9.90 Å². The monoisotopic (exact) mass is 303 g/mol. The number of halogens is 2. The van der Waals surface area contributed by atoms with Crippen molar-refractivity contribution >= 4 is 29.0 Å². The molecule has 1 aromatic rings. The molecule has 1 rings (SSSR count). The van der Waals surface area contributed by atoms with Gasteiger partial charge in [0.2, 0.25) is 0 Å². The summed E-state index contributed by atoms with van der Waals surface area (Å²) in [4.78, 5) is 14.2. The van der Waals surface area contributed by atoms with Crippen LogP contribution in [-0.4, -0.2) is 41.5 Å². The van der Waals surface area contributed by atoms with Crippen molar-refractivity contribution in [3.8, 4) is 0 Å². The lowest BCUT2D eigenvalue weighted by Crippen LogP contribution is -2.35. The zero-order valence-electron chi connectivity index (χ0n) is 11.2. The molecule has 0 aliphatic heterocycles. The van der Waals surface area contributed by atoms with Crippen LogP contribution < -0.4 is 0 Å². The highest BCUT2D eigenvalue weighted by atomic mass is 35.5. The fourth-order valence-electron chi connectivity index (χ4n) is 1.86. The van der Waals surface area contributed by atoms with Gasteiger partial charge in [0.05, 0.1) is 16.7 Å². The van der Waals surface area contributed by atoms with Gasteiger partial charge in [-0.3, -0.25) is 9.69 Å². The number of benzene rings is 1. The number of hydrogen-bond acceptors (Lipinski definition) is 3. The summed E-state index contributed by atoms with van der Waals surface area (Å²) < 4.78 is 0. The maximum Gasteiger partial charge on any atom is 0.165 e. The third kappa shape index (κ3) is 4.77. The molecule has 0 saturated carbocycles. The fourth-order valence-corrected chi connectivity index (χ4v) is 2.26. The minimum Gasteiger partial charge on any atom is -0.395 e. The molecule has 0 aliphatic carbocycles. The Bertz CT molecular complexity index is 435. The summed E-state index contributed by atoms with van der Waals surface area (Å²) in [6.45, 7) is 5.32. The highest BCUT2D eigenvalue weighted by Crippen LogP contribution is 2.26. The average Bonchev–Trinajstić information content (AvgIpc) is 2.37. The van der Waals surface area contributed by atoms with Crippen molar-refractivity contribution in [2.24, 2.45) is 0 Å². The summed E-state index contributed by atoms with van der Waals surface area (Å²) in [7, 11) is 0. The van der Waals surface area contributed by atoms with Crippen LogP contribution in [-0.2, 0) is 0 Å². The van der Waals surface area contributed by atoms with Crippen molar-refractivity contribution in [1.82, 2.24) is 4.90 Å². The Morgan fingerprint density at radius 3 is 2.58 bits per heavy atom. The van der Waals surface area contributed by atoms with Gasteiger partial charge in [-0.1, -0.05) is 29.3 Å². The van der Waals surface area contributed by atoms with E-state index in [2.05, 4.69) is 4.90 Å². The molecule has 5 heteroatoms. The first-order valence-corrected chi connectivity index (χ1v) is 7.05. The molecule has 0 heterocycles. The van der Waals surface area contributed by atoms with Crippen molar-refractivity contribution in [1.29, 1.82) is 0 Å². The van der Waals surface area contributed by atoms with E-state index in [0.29, 0.717) is 35.1 Å². The first-order valence-electron chi connectivity index (χ1n) is 6.29. The molecule has 0 spiro atoms. The van der Waals surface area contributed by atoms with Gasteiger partial charge < -0.3 is 5.11 Å². The molecular formula is C14H19Cl2NO2. The Labute approximate surface area is 124 Å². The molecule has 106 valence electrons. The minimum atomic E-state index is -0.0314. The Morgan fingerprint density at radius 2 is 2.00 bits per heavy atom. The van der Waals surface area contributed by atoms with Crippen LogP contribution >= 0.6 is 23.2 Å². The van der Waals surface area contributed by atoms with Crippen molar-refractivity contribution in [3.63, 3.8) is 0 Å². The molecule has 1 N–H and O–H groups in total. The van der Waals surface area contributed by atoms with Gasteiger partial charge in [-0.15, -0.1) is 0 Å². The van der Waals surface area contributed by atoms with Gasteiger partial charge in [-0.2, -0.15) is 0 Å². The average molecular weight is 304 g/mol. The van der Waals surface area contributed by atoms with E-state index in [1.165, 1.54) is 0 Å². The van der Waals surface area contributed by atoms with Crippen LogP contribution in [0.2, 0.25) is 10.0 Å². The van der Waals surface area contributed by atoms with Crippen LogP contribution in [0.4, 0.5) is 0 Å². The topological polar surface area (TPSA) is 40.5 Å². The lowest BCUT2D eigenvalue weighted by Gasteiger charge is -2.25. The molecule has 0 fully saturated rings. The Kier molecular flexibility index (Phi) is 6.80. The van der Waals surface area contributed by atoms with Crippen molar-refractivity contribution in [2.75, 3.05) is 19.7 Å². The number of rotatable bonds is 7. The summed E-state index contributed by atoms with van der Waals surface area (Å²) in [5.41, 5.74) is 0.460. The Hall–Kier alpha value is -0.610. The second kappa shape index (κ2) is 7.85. The molecular weight excluding hydrogens is 285 g/mol. The third-order valence-electron chi connectivity index (χ3n) is 3.00. The molecule has 1 aromatic carbocycles. The standard InChI is InChI=1S/C14H19Cl2NO2/c1-10(2)17(8-9-18)7-6-13(19)11-4-3-5-12(15)14(11)16/h3-5,10,18H,6-9H2,1-2H3. The predicted octanol–water partition coefficient (Wildman–Crippen LogP) is 3.27. The summed E-state index contributed by atoms with van der Waals surface area (Å²) >= 11 is 11.9. The third-order valence-corrected chi connectivity index (χ3v) is 3.81. The molecule has 0 radical (unpaired) electrons. The smallest absolute Gasteiger partial charge is 0.165 e. The quantitative estimate of drug-likeness (QED) is 0.786. The number of carbonyl (C=O) groups excluding carboxylic acids is 1. The summed E-state index contributed by atoms with van der Waals surface area (Å²) in [6, 6.07) is 5.35. The van der Waals surface area contributed by atoms with E-state index >= 15 is 0 Å². The van der Waals surface area contributed by atoms with Gasteiger partial charge in [-0.25, -0.2) is 0 Å². The lowest BCUT2D eigenvalue weighted by atomic mass is 10.1. The maximum absolute atomic E-state index is 12.1. The van der Waals surface area contributed by atoms with Gasteiger partial charge in [0.15, 0.2) is 5.78 Å². The molecule has 0 aliphatic rings. The van der Waals surface area contributed by atoms with E-state index in [-0.39, 0.29) is 18.4 Å². The number of nitrogens with zero attached hydrogens (tertiary/aromatic N) is 1. The van der Waals surface area contributed by atoms with Gasteiger partial charge in [0, 0.05) is 31.1 Å². The zero-order valence-corrected chi connectivity index (χ0v) is 12.7. The van der Waals surface area contributed by atoms with Crippen molar-refractivity contribution in [3.05, 3.63) is 33.8 Å². The number of aliphatic hydroxyl groups excluding tert-OH is 1. The molecule has 0 atom stereocenters. The summed E-state index contributed by atoms with van der Waals surface area (Å²) in [6.07, 6.45) is 0.359. The van der Waals surface area contributed by atoms with E-state index in [1.807, 2.05) is 13.8 Å². The minimum absolute atomic E-state index is 0.0314. The van der Waals surface area contributed by atoms with Crippen LogP contribution in [0.5, 0.6) is 0 Å². The van der Waals surface area contributed by atoms with Gasteiger partial charge in [0.25, 0.3) is 0 Å². The SMILES string of the molecule is CC(C)N(CCO)CCC(=O)c1cccc(Cl)c1Cl. The van der Waals surface area contributed by atoms with Crippen LogP contribution in [0.15, 0.2) is 18.2 Å². The van der Waals surface area contributed by atoms with Crippen LogP contribution in [0.25, 0.3) is 0 Å². The van der Waals surface area contributed by atoms with E-state index < -0.39 is 0 Å². The first kappa shape index (κ1) is 16.4. The Balaban J connectivity index is 2.67. The molecule has 3 nitrogen and oxygen atoms in total. The predicted molar refractivity (Wildman–Crippen MR) is 79.2 cm³/mol. The Morgan fingerprint density at radius 1 is 1.32 bits per heavy atom. The van der Waals surface area contributed by atoms with E-state index in [1.54, 1.807) is 18.2 Å². The fraction of sp³-hybridized carbons (Fsp3) is 0.500. The molecule has 19 heavy (non-hydrogen) atoms. The van der Waals surface area contributed by atoms with Gasteiger partial charge in [-0.05, 0) is 26.0 Å². The number of aliphatic hydroxyl groups is 1. The largest absolute Gasteiger partial charge is 0.395 e. The number of carbonyl (C=O) groups is 1. The molecule has 0 saturated heterocycles.